The summed E-state index contributed by atoms with van der Waals surface area (Å²) in [6, 6.07) is 8.77. The van der Waals surface area contributed by atoms with E-state index in [1.807, 2.05) is 0 Å². The van der Waals surface area contributed by atoms with Gasteiger partial charge in [-0.2, -0.15) is 0 Å². The highest BCUT2D eigenvalue weighted by molar-refractivity contribution is 5.85. The first-order valence-electron chi connectivity index (χ1n) is 7.76. The maximum atomic E-state index is 10.8. The molecule has 22 heavy (non-hydrogen) atoms. The van der Waals surface area contributed by atoms with Gasteiger partial charge in [0.05, 0.1) is 6.04 Å². The number of carbonyl (C=O) groups is 1. The average Bonchev–Trinajstić information content (AvgIpc) is 2.86. The first-order chi connectivity index (χ1) is 10.2. The Morgan fingerprint density at radius 1 is 1.41 bits per heavy atom. The zero-order chi connectivity index (χ0) is 14.8. The zero-order valence-electron chi connectivity index (χ0n) is 12.8. The molecule has 2 aromatic rings. The molecule has 1 aromatic carbocycles. The van der Waals surface area contributed by atoms with Crippen LogP contribution in [0.5, 0.6) is 0 Å². The molecule has 2 heterocycles. The van der Waals surface area contributed by atoms with E-state index < -0.39 is 5.97 Å². The normalized spacial score (nSPS) is 18.0. The topological polar surface area (TPSA) is 56.3 Å². The average molecular weight is 323 g/mol. The number of carboxylic acid groups (broad SMARTS) is 1. The van der Waals surface area contributed by atoms with Crippen molar-refractivity contribution in [3.05, 3.63) is 35.5 Å². The van der Waals surface area contributed by atoms with Crippen molar-refractivity contribution >= 4 is 29.3 Å². The Kier molecular flexibility index (Phi) is 5.48. The molecule has 1 unspecified atom stereocenters. The lowest BCUT2D eigenvalue weighted by Crippen LogP contribution is -2.35. The predicted octanol–water partition coefficient (Wildman–Crippen LogP) is 3.76. The monoisotopic (exact) mass is 322 g/mol. The number of likely N-dealkylation sites (N-methyl/N-ethyl adjacent to an activating group) is 1. The number of aliphatic carboxylic acids is 1. The molecule has 1 aliphatic rings. The number of nitrogens with one attached hydrogen (secondary N) is 1. The number of hydrogen-bond donors (Lipinski definition) is 2. The quantitative estimate of drug-likeness (QED) is 0.881. The smallest absolute Gasteiger partial charge is 0.303 e. The second-order valence-corrected chi connectivity index (χ2v) is 5.74. The molecule has 4 nitrogen and oxygen atoms in total. The number of rotatable bonds is 5. The molecule has 1 aromatic heterocycles. The van der Waals surface area contributed by atoms with Crippen molar-refractivity contribution in [2.24, 2.45) is 0 Å². The summed E-state index contributed by atoms with van der Waals surface area (Å²) in [5, 5.41) is 10.2. The highest BCUT2D eigenvalue weighted by Crippen LogP contribution is 2.36. The van der Waals surface area contributed by atoms with Gasteiger partial charge in [-0.05, 0) is 37.4 Å². The Labute approximate surface area is 136 Å². The number of H-pyrrole nitrogens is 1. The van der Waals surface area contributed by atoms with Crippen molar-refractivity contribution < 1.29 is 9.90 Å². The third-order valence-corrected chi connectivity index (χ3v) is 4.54. The summed E-state index contributed by atoms with van der Waals surface area (Å²) in [5.74, 6) is -0.703. The Morgan fingerprint density at radius 3 is 2.91 bits per heavy atom. The van der Waals surface area contributed by atoms with Gasteiger partial charge in [-0.25, -0.2) is 0 Å². The second-order valence-electron chi connectivity index (χ2n) is 5.74. The molecule has 0 amide bonds. The van der Waals surface area contributed by atoms with Crippen molar-refractivity contribution in [1.29, 1.82) is 0 Å². The van der Waals surface area contributed by atoms with Gasteiger partial charge in [-0.3, -0.25) is 9.69 Å². The fourth-order valence-corrected chi connectivity index (χ4v) is 3.52. The molecule has 0 saturated carbocycles. The molecule has 120 valence electrons. The molecule has 5 heteroatoms. The molecule has 0 saturated heterocycles. The van der Waals surface area contributed by atoms with Gasteiger partial charge >= 0.3 is 5.97 Å². The third-order valence-electron chi connectivity index (χ3n) is 4.54. The summed E-state index contributed by atoms with van der Waals surface area (Å²) in [4.78, 5) is 16.8. The number of halogens is 1. The van der Waals surface area contributed by atoms with Gasteiger partial charge in [-0.15, -0.1) is 12.4 Å². The molecule has 2 N–H and O–H groups in total. The molecular weight excluding hydrogens is 300 g/mol. The van der Waals surface area contributed by atoms with Crippen LogP contribution in [0.2, 0.25) is 0 Å². The van der Waals surface area contributed by atoms with Crippen LogP contribution in [-0.4, -0.2) is 34.0 Å². The van der Waals surface area contributed by atoms with Gasteiger partial charge in [0.1, 0.15) is 0 Å². The van der Waals surface area contributed by atoms with Crippen LogP contribution in [0.15, 0.2) is 24.3 Å². The van der Waals surface area contributed by atoms with Crippen molar-refractivity contribution in [3.63, 3.8) is 0 Å². The van der Waals surface area contributed by atoms with E-state index >= 15 is 0 Å². The molecule has 0 fully saturated rings. The number of fused-ring (bicyclic) bond motifs is 3. The molecule has 0 spiro atoms. The highest BCUT2D eigenvalue weighted by Gasteiger charge is 2.28. The molecule has 0 aliphatic carbocycles. The predicted molar refractivity (Wildman–Crippen MR) is 90.7 cm³/mol. The molecular formula is C17H23ClN2O2. The lowest BCUT2D eigenvalue weighted by molar-refractivity contribution is -0.137. The van der Waals surface area contributed by atoms with Crippen LogP contribution in [0.3, 0.4) is 0 Å². The van der Waals surface area contributed by atoms with Gasteiger partial charge in [0, 0.05) is 29.6 Å². The molecule has 3 rings (SSSR count). The van der Waals surface area contributed by atoms with E-state index in [1.165, 1.54) is 22.2 Å². The number of hydrogen-bond acceptors (Lipinski definition) is 2. The summed E-state index contributed by atoms with van der Waals surface area (Å²) in [5.41, 5.74) is 3.93. The van der Waals surface area contributed by atoms with E-state index in [4.69, 9.17) is 5.11 Å². The Balaban J connectivity index is 0.00000176. The van der Waals surface area contributed by atoms with Gasteiger partial charge in [-0.1, -0.05) is 25.1 Å². The maximum absolute atomic E-state index is 10.8. The van der Waals surface area contributed by atoms with Crippen LogP contribution >= 0.6 is 12.4 Å². The maximum Gasteiger partial charge on any atom is 0.303 e. The summed E-state index contributed by atoms with van der Waals surface area (Å²) in [6.45, 7) is 4.24. The van der Waals surface area contributed by atoms with Crippen LogP contribution in [0.25, 0.3) is 10.9 Å². The Hall–Kier alpha value is -1.52. The van der Waals surface area contributed by atoms with E-state index in [1.54, 1.807) is 0 Å². The number of benzene rings is 1. The highest BCUT2D eigenvalue weighted by atomic mass is 35.5. The van der Waals surface area contributed by atoms with Crippen LogP contribution in [0, 0.1) is 0 Å². The van der Waals surface area contributed by atoms with Gasteiger partial charge in [0.2, 0.25) is 0 Å². The lowest BCUT2D eigenvalue weighted by Gasteiger charge is -2.35. The zero-order valence-corrected chi connectivity index (χ0v) is 13.7. The van der Waals surface area contributed by atoms with Crippen LogP contribution in [0.4, 0.5) is 0 Å². The fraction of sp³-hybridized carbons (Fsp3) is 0.471. The SMILES string of the molecule is CCN1CCc2c([nH]c3ccccc23)C1CCCC(=O)O.Cl. The minimum atomic E-state index is -0.703. The Bertz CT molecular complexity index is 653. The van der Waals surface area contributed by atoms with E-state index in [2.05, 4.69) is 41.1 Å². The minimum absolute atomic E-state index is 0. The lowest BCUT2D eigenvalue weighted by atomic mass is 9.94. The van der Waals surface area contributed by atoms with Crippen LogP contribution in [-0.2, 0) is 11.2 Å². The van der Waals surface area contributed by atoms with Crippen LogP contribution in [0.1, 0.15) is 43.5 Å². The number of aromatic nitrogens is 1. The van der Waals surface area contributed by atoms with E-state index in [9.17, 15) is 4.79 Å². The summed E-state index contributed by atoms with van der Waals surface area (Å²) >= 11 is 0. The van der Waals surface area contributed by atoms with Crippen molar-refractivity contribution in [2.75, 3.05) is 13.1 Å². The summed E-state index contributed by atoms with van der Waals surface area (Å²) < 4.78 is 0. The molecule has 1 atom stereocenters. The molecule has 0 radical (unpaired) electrons. The minimum Gasteiger partial charge on any atom is -0.481 e. The van der Waals surface area contributed by atoms with Gasteiger partial charge in [0.25, 0.3) is 0 Å². The van der Waals surface area contributed by atoms with Crippen molar-refractivity contribution in [3.8, 4) is 0 Å². The standard InChI is InChI=1S/C17H22N2O2.ClH/c1-2-19-11-10-13-12-6-3-4-7-14(12)18-17(13)15(19)8-5-9-16(20)21;/h3-4,6-7,15,18H,2,5,8-11H2,1H3,(H,20,21);1H. The van der Waals surface area contributed by atoms with E-state index in [0.717, 1.165) is 32.4 Å². The number of carboxylic acids is 1. The fourth-order valence-electron chi connectivity index (χ4n) is 3.52. The van der Waals surface area contributed by atoms with Crippen molar-refractivity contribution in [2.45, 2.75) is 38.6 Å². The third kappa shape index (κ3) is 3.13. The summed E-state index contributed by atoms with van der Waals surface area (Å²) in [7, 11) is 0. The van der Waals surface area contributed by atoms with E-state index in [-0.39, 0.29) is 18.8 Å². The first kappa shape index (κ1) is 16.8. The van der Waals surface area contributed by atoms with Crippen molar-refractivity contribution in [1.82, 2.24) is 9.88 Å². The van der Waals surface area contributed by atoms with Crippen LogP contribution < -0.4 is 0 Å². The van der Waals surface area contributed by atoms with E-state index in [0.29, 0.717) is 6.04 Å². The molecule has 1 aliphatic heterocycles. The number of para-hydroxylation sites is 1. The molecule has 0 bridgehead atoms. The first-order valence-corrected chi connectivity index (χ1v) is 7.76. The van der Waals surface area contributed by atoms with Gasteiger partial charge in [0.15, 0.2) is 0 Å². The Morgan fingerprint density at radius 2 is 2.18 bits per heavy atom. The summed E-state index contributed by atoms with van der Waals surface area (Å²) in [6.07, 6.45) is 2.96. The second kappa shape index (κ2) is 7.16. The van der Waals surface area contributed by atoms with Gasteiger partial charge < -0.3 is 10.1 Å². The largest absolute Gasteiger partial charge is 0.481 e. The number of aromatic amines is 1. The number of nitrogens with zero attached hydrogens (tertiary/aromatic N) is 1.